The summed E-state index contributed by atoms with van der Waals surface area (Å²) in [6, 6.07) is 4.59. The lowest BCUT2D eigenvalue weighted by Crippen LogP contribution is -2.20. The van der Waals surface area contributed by atoms with Crippen molar-refractivity contribution >= 4 is 0 Å². The molecule has 100 valence electrons. The first kappa shape index (κ1) is 13.2. The molecule has 1 aromatic rings. The first-order valence-electron chi connectivity index (χ1n) is 6.52. The summed E-state index contributed by atoms with van der Waals surface area (Å²) in [5, 5.41) is 3.44. The molecule has 1 fully saturated rings. The fourth-order valence-corrected chi connectivity index (χ4v) is 2.75. The zero-order chi connectivity index (χ0) is 13.3. The molecular formula is C15H23NO2. The lowest BCUT2D eigenvalue weighted by atomic mass is 9.96. The van der Waals surface area contributed by atoms with E-state index in [1.165, 1.54) is 17.5 Å². The molecule has 0 saturated heterocycles. The number of hydrogen-bond acceptors (Lipinski definition) is 3. The maximum atomic E-state index is 5.40. The summed E-state index contributed by atoms with van der Waals surface area (Å²) in [4.78, 5) is 0. The van der Waals surface area contributed by atoms with Gasteiger partial charge in [0.05, 0.1) is 14.2 Å². The molecule has 3 nitrogen and oxygen atoms in total. The number of aryl methyl sites for hydroxylation is 1. The van der Waals surface area contributed by atoms with Gasteiger partial charge in [0.15, 0.2) is 11.5 Å². The molecule has 1 aliphatic carbocycles. The van der Waals surface area contributed by atoms with E-state index in [1.54, 1.807) is 14.2 Å². The SMILES string of the molecule is CNC(c1cc(OC)c(OC)cc1C)C1CC1C. The van der Waals surface area contributed by atoms with Crippen LogP contribution in [0.1, 0.15) is 30.5 Å². The van der Waals surface area contributed by atoms with Crippen LogP contribution in [0.2, 0.25) is 0 Å². The normalized spacial score (nSPS) is 23.6. The predicted octanol–water partition coefficient (Wildman–Crippen LogP) is 2.93. The summed E-state index contributed by atoms with van der Waals surface area (Å²) in [6.45, 7) is 4.44. The van der Waals surface area contributed by atoms with Crippen LogP contribution >= 0.6 is 0 Å². The van der Waals surface area contributed by atoms with Gasteiger partial charge in [-0.25, -0.2) is 0 Å². The van der Waals surface area contributed by atoms with Crippen molar-refractivity contribution in [2.75, 3.05) is 21.3 Å². The molecule has 2 rings (SSSR count). The van der Waals surface area contributed by atoms with Crippen LogP contribution in [0.4, 0.5) is 0 Å². The number of hydrogen-bond donors (Lipinski definition) is 1. The van der Waals surface area contributed by atoms with E-state index in [1.807, 2.05) is 7.05 Å². The Kier molecular flexibility index (Phi) is 3.81. The van der Waals surface area contributed by atoms with Crippen molar-refractivity contribution in [3.63, 3.8) is 0 Å². The lowest BCUT2D eigenvalue weighted by Gasteiger charge is -2.21. The topological polar surface area (TPSA) is 30.5 Å². The lowest BCUT2D eigenvalue weighted by molar-refractivity contribution is 0.353. The van der Waals surface area contributed by atoms with Gasteiger partial charge in [0.1, 0.15) is 0 Å². The fourth-order valence-electron chi connectivity index (χ4n) is 2.75. The number of benzene rings is 1. The Morgan fingerprint density at radius 2 is 1.78 bits per heavy atom. The molecule has 1 saturated carbocycles. The Labute approximate surface area is 109 Å². The summed E-state index contributed by atoms with van der Waals surface area (Å²) in [5.74, 6) is 3.17. The molecule has 18 heavy (non-hydrogen) atoms. The fraction of sp³-hybridized carbons (Fsp3) is 0.600. The summed E-state index contributed by atoms with van der Waals surface area (Å²) in [5.41, 5.74) is 2.58. The van der Waals surface area contributed by atoms with Crippen LogP contribution in [0.3, 0.4) is 0 Å². The van der Waals surface area contributed by atoms with Gasteiger partial charge in [0.25, 0.3) is 0 Å². The average Bonchev–Trinajstić information content (AvgIpc) is 3.08. The molecule has 1 aliphatic rings. The monoisotopic (exact) mass is 249 g/mol. The van der Waals surface area contributed by atoms with Crippen LogP contribution < -0.4 is 14.8 Å². The van der Waals surface area contributed by atoms with E-state index in [0.717, 1.165) is 23.3 Å². The second-order valence-corrected chi connectivity index (χ2v) is 5.21. The van der Waals surface area contributed by atoms with E-state index < -0.39 is 0 Å². The van der Waals surface area contributed by atoms with E-state index in [2.05, 4.69) is 31.3 Å². The van der Waals surface area contributed by atoms with Crippen molar-refractivity contribution in [2.24, 2.45) is 11.8 Å². The second-order valence-electron chi connectivity index (χ2n) is 5.21. The minimum Gasteiger partial charge on any atom is -0.493 e. The molecule has 0 aromatic heterocycles. The van der Waals surface area contributed by atoms with Gasteiger partial charge in [-0.3, -0.25) is 0 Å². The minimum absolute atomic E-state index is 0.416. The highest BCUT2D eigenvalue weighted by Gasteiger charge is 2.40. The van der Waals surface area contributed by atoms with E-state index in [4.69, 9.17) is 9.47 Å². The third kappa shape index (κ3) is 2.32. The van der Waals surface area contributed by atoms with E-state index in [0.29, 0.717) is 6.04 Å². The molecule has 1 aromatic carbocycles. The minimum atomic E-state index is 0.416. The van der Waals surface area contributed by atoms with Crippen molar-refractivity contribution in [3.05, 3.63) is 23.3 Å². The van der Waals surface area contributed by atoms with E-state index in [-0.39, 0.29) is 0 Å². The van der Waals surface area contributed by atoms with E-state index in [9.17, 15) is 0 Å². The van der Waals surface area contributed by atoms with Gasteiger partial charge in [0.2, 0.25) is 0 Å². The smallest absolute Gasteiger partial charge is 0.161 e. The van der Waals surface area contributed by atoms with Gasteiger partial charge in [-0.2, -0.15) is 0 Å². The number of rotatable bonds is 5. The van der Waals surface area contributed by atoms with Crippen LogP contribution in [-0.2, 0) is 0 Å². The second kappa shape index (κ2) is 5.19. The van der Waals surface area contributed by atoms with Gasteiger partial charge in [-0.15, -0.1) is 0 Å². The van der Waals surface area contributed by atoms with Crippen molar-refractivity contribution in [1.82, 2.24) is 5.32 Å². The van der Waals surface area contributed by atoms with E-state index >= 15 is 0 Å². The Morgan fingerprint density at radius 1 is 1.22 bits per heavy atom. The number of ether oxygens (including phenoxy) is 2. The summed E-state index contributed by atoms with van der Waals surface area (Å²) in [7, 11) is 5.40. The number of nitrogens with one attached hydrogen (secondary N) is 1. The quantitative estimate of drug-likeness (QED) is 0.870. The van der Waals surface area contributed by atoms with Crippen LogP contribution in [0.5, 0.6) is 11.5 Å². The van der Waals surface area contributed by atoms with Crippen molar-refractivity contribution < 1.29 is 9.47 Å². The van der Waals surface area contributed by atoms with Crippen LogP contribution in [0.25, 0.3) is 0 Å². The third-order valence-electron chi connectivity index (χ3n) is 4.02. The third-order valence-corrected chi connectivity index (χ3v) is 4.02. The highest BCUT2D eigenvalue weighted by molar-refractivity contribution is 5.48. The molecule has 3 heteroatoms. The molecular weight excluding hydrogens is 226 g/mol. The van der Waals surface area contributed by atoms with Crippen LogP contribution in [0, 0.1) is 18.8 Å². The summed E-state index contributed by atoms with van der Waals surface area (Å²) >= 11 is 0. The number of methoxy groups -OCH3 is 2. The Hall–Kier alpha value is -1.22. The van der Waals surface area contributed by atoms with Gasteiger partial charge in [-0.1, -0.05) is 6.92 Å². The highest BCUT2D eigenvalue weighted by Crippen LogP contribution is 2.48. The van der Waals surface area contributed by atoms with Crippen molar-refractivity contribution in [1.29, 1.82) is 0 Å². The molecule has 0 radical (unpaired) electrons. The standard InChI is InChI=1S/C15H23NO2/c1-9-6-11(9)15(16-3)12-8-14(18-5)13(17-4)7-10(12)2/h7-9,11,15-16H,6H2,1-5H3. The Balaban J connectivity index is 2.37. The maximum absolute atomic E-state index is 5.40. The molecule has 0 heterocycles. The molecule has 0 amide bonds. The molecule has 3 unspecified atom stereocenters. The predicted molar refractivity (Wildman–Crippen MR) is 73.4 cm³/mol. The first-order chi connectivity index (χ1) is 8.62. The maximum Gasteiger partial charge on any atom is 0.161 e. The van der Waals surface area contributed by atoms with Gasteiger partial charge in [-0.05, 0) is 55.5 Å². The molecule has 1 N–H and O–H groups in total. The van der Waals surface area contributed by atoms with Gasteiger partial charge >= 0.3 is 0 Å². The van der Waals surface area contributed by atoms with Crippen LogP contribution in [0.15, 0.2) is 12.1 Å². The van der Waals surface area contributed by atoms with Crippen molar-refractivity contribution in [2.45, 2.75) is 26.3 Å². The summed E-state index contributed by atoms with van der Waals surface area (Å²) in [6.07, 6.45) is 1.30. The summed E-state index contributed by atoms with van der Waals surface area (Å²) < 4.78 is 10.7. The van der Waals surface area contributed by atoms with Crippen LogP contribution in [-0.4, -0.2) is 21.3 Å². The first-order valence-corrected chi connectivity index (χ1v) is 6.52. The largest absolute Gasteiger partial charge is 0.493 e. The molecule has 3 atom stereocenters. The molecule has 0 spiro atoms. The highest BCUT2D eigenvalue weighted by atomic mass is 16.5. The zero-order valence-corrected chi connectivity index (χ0v) is 11.9. The van der Waals surface area contributed by atoms with Gasteiger partial charge < -0.3 is 14.8 Å². The average molecular weight is 249 g/mol. The Bertz CT molecular complexity index is 431. The zero-order valence-electron chi connectivity index (χ0n) is 11.9. The molecule has 0 bridgehead atoms. The van der Waals surface area contributed by atoms with Gasteiger partial charge in [0, 0.05) is 6.04 Å². The molecule has 0 aliphatic heterocycles. The van der Waals surface area contributed by atoms with Crippen molar-refractivity contribution in [3.8, 4) is 11.5 Å². The Morgan fingerprint density at radius 3 is 2.22 bits per heavy atom.